The Balaban J connectivity index is 1.78. The summed E-state index contributed by atoms with van der Waals surface area (Å²) in [6, 6.07) is 17.0. The smallest absolute Gasteiger partial charge is 0.226 e. The SMILES string of the molecule is CC1CN2c3ccccc3C(C)(C)[C@@]2(/C=C/c2ccc(N(C)C)cc2)NC1=O. The van der Waals surface area contributed by atoms with Crippen molar-refractivity contribution in [2.75, 3.05) is 30.4 Å². The lowest BCUT2D eigenvalue weighted by Crippen LogP contribution is -2.70. The molecule has 2 aliphatic rings. The molecule has 0 spiro atoms. The molecule has 1 amide bonds. The van der Waals surface area contributed by atoms with Gasteiger partial charge in [0.1, 0.15) is 5.66 Å². The van der Waals surface area contributed by atoms with Crippen LogP contribution in [0.1, 0.15) is 31.9 Å². The normalized spacial score (nSPS) is 25.4. The highest BCUT2D eigenvalue weighted by atomic mass is 16.2. The fourth-order valence-electron chi connectivity index (χ4n) is 4.54. The number of hydrogen-bond donors (Lipinski definition) is 1. The van der Waals surface area contributed by atoms with Crippen molar-refractivity contribution in [2.24, 2.45) is 5.92 Å². The van der Waals surface area contributed by atoms with E-state index in [4.69, 9.17) is 0 Å². The molecule has 28 heavy (non-hydrogen) atoms. The molecule has 4 heteroatoms. The quantitative estimate of drug-likeness (QED) is 0.880. The fourth-order valence-corrected chi connectivity index (χ4v) is 4.54. The highest BCUT2D eigenvalue weighted by molar-refractivity contribution is 5.86. The van der Waals surface area contributed by atoms with E-state index in [2.05, 4.69) is 89.6 Å². The molecule has 146 valence electrons. The van der Waals surface area contributed by atoms with Gasteiger partial charge in [-0.25, -0.2) is 0 Å². The molecule has 0 bridgehead atoms. The third-order valence-corrected chi connectivity index (χ3v) is 6.39. The van der Waals surface area contributed by atoms with Gasteiger partial charge in [-0.05, 0) is 35.4 Å². The van der Waals surface area contributed by atoms with Gasteiger partial charge in [0.2, 0.25) is 5.91 Å². The zero-order chi connectivity index (χ0) is 20.1. The predicted molar refractivity (Wildman–Crippen MR) is 117 cm³/mol. The first-order valence-electron chi connectivity index (χ1n) is 9.92. The Bertz CT molecular complexity index is 929. The molecule has 2 heterocycles. The Morgan fingerprint density at radius 2 is 1.79 bits per heavy atom. The zero-order valence-corrected chi connectivity index (χ0v) is 17.4. The molecule has 0 aliphatic carbocycles. The van der Waals surface area contributed by atoms with Crippen LogP contribution < -0.4 is 15.1 Å². The van der Waals surface area contributed by atoms with Crippen LogP contribution in [-0.4, -0.2) is 32.2 Å². The van der Waals surface area contributed by atoms with Crippen LogP contribution in [0.15, 0.2) is 54.6 Å². The maximum absolute atomic E-state index is 12.7. The average molecular weight is 376 g/mol. The van der Waals surface area contributed by atoms with Gasteiger partial charge in [-0.15, -0.1) is 0 Å². The molecule has 4 nitrogen and oxygen atoms in total. The lowest BCUT2D eigenvalue weighted by atomic mass is 9.74. The molecular weight excluding hydrogens is 346 g/mol. The second-order valence-corrected chi connectivity index (χ2v) is 8.73. The molecule has 0 radical (unpaired) electrons. The van der Waals surface area contributed by atoms with Gasteiger partial charge in [0.05, 0.1) is 5.92 Å². The van der Waals surface area contributed by atoms with Gasteiger partial charge in [0.25, 0.3) is 0 Å². The van der Waals surface area contributed by atoms with Crippen molar-refractivity contribution in [3.63, 3.8) is 0 Å². The molecule has 2 aliphatic heterocycles. The number of anilines is 2. The fraction of sp³-hybridized carbons (Fsp3) is 0.375. The Labute approximate surface area is 167 Å². The predicted octanol–water partition coefficient (Wildman–Crippen LogP) is 4.03. The minimum absolute atomic E-state index is 0.0390. The van der Waals surface area contributed by atoms with Gasteiger partial charge in [-0.1, -0.05) is 57.2 Å². The summed E-state index contributed by atoms with van der Waals surface area (Å²) in [5.41, 5.74) is 3.97. The highest BCUT2D eigenvalue weighted by Crippen LogP contribution is 2.52. The minimum atomic E-state index is -0.569. The van der Waals surface area contributed by atoms with Crippen molar-refractivity contribution in [3.05, 3.63) is 65.7 Å². The maximum Gasteiger partial charge on any atom is 0.226 e. The number of rotatable bonds is 3. The van der Waals surface area contributed by atoms with Crippen LogP contribution in [0.2, 0.25) is 0 Å². The largest absolute Gasteiger partial charge is 0.378 e. The summed E-state index contributed by atoms with van der Waals surface area (Å²) < 4.78 is 0. The summed E-state index contributed by atoms with van der Waals surface area (Å²) >= 11 is 0. The van der Waals surface area contributed by atoms with Crippen LogP contribution in [0.3, 0.4) is 0 Å². The lowest BCUT2D eigenvalue weighted by Gasteiger charge is -2.50. The van der Waals surface area contributed by atoms with E-state index in [0.29, 0.717) is 0 Å². The summed E-state index contributed by atoms with van der Waals surface area (Å²) in [6.45, 7) is 7.16. The number of fused-ring (bicyclic) bond motifs is 3. The topological polar surface area (TPSA) is 35.6 Å². The lowest BCUT2D eigenvalue weighted by molar-refractivity contribution is -0.128. The molecule has 1 unspecified atom stereocenters. The molecule has 2 aromatic carbocycles. The van der Waals surface area contributed by atoms with Crippen molar-refractivity contribution >= 4 is 23.4 Å². The van der Waals surface area contributed by atoms with Crippen molar-refractivity contribution in [1.29, 1.82) is 0 Å². The van der Waals surface area contributed by atoms with Crippen LogP contribution in [0, 0.1) is 5.92 Å². The minimum Gasteiger partial charge on any atom is -0.378 e. The van der Waals surface area contributed by atoms with E-state index in [0.717, 1.165) is 12.1 Å². The zero-order valence-electron chi connectivity index (χ0n) is 17.4. The van der Waals surface area contributed by atoms with Gasteiger partial charge < -0.3 is 15.1 Å². The average Bonchev–Trinajstić information content (AvgIpc) is 2.86. The number of carbonyl (C=O) groups excluding carboxylic acids is 1. The molecule has 2 aromatic rings. The second kappa shape index (κ2) is 6.40. The highest BCUT2D eigenvalue weighted by Gasteiger charge is 2.58. The molecular formula is C24H29N3O. The molecule has 0 saturated carbocycles. The third-order valence-electron chi connectivity index (χ3n) is 6.39. The van der Waals surface area contributed by atoms with E-state index < -0.39 is 5.66 Å². The van der Waals surface area contributed by atoms with Crippen molar-refractivity contribution in [3.8, 4) is 0 Å². The van der Waals surface area contributed by atoms with Gasteiger partial charge in [-0.3, -0.25) is 4.79 Å². The molecule has 2 atom stereocenters. The Morgan fingerprint density at radius 3 is 2.46 bits per heavy atom. The van der Waals surface area contributed by atoms with E-state index in [1.54, 1.807) is 0 Å². The second-order valence-electron chi connectivity index (χ2n) is 8.73. The molecule has 1 saturated heterocycles. The van der Waals surface area contributed by atoms with E-state index in [1.165, 1.54) is 16.9 Å². The van der Waals surface area contributed by atoms with Crippen molar-refractivity contribution in [1.82, 2.24) is 5.32 Å². The Hall–Kier alpha value is -2.75. The van der Waals surface area contributed by atoms with Gasteiger partial charge in [0.15, 0.2) is 0 Å². The summed E-state index contributed by atoms with van der Waals surface area (Å²) in [4.78, 5) is 17.2. The molecule has 1 fully saturated rings. The van der Waals surface area contributed by atoms with E-state index in [-0.39, 0.29) is 17.2 Å². The monoisotopic (exact) mass is 375 g/mol. The number of amides is 1. The molecule has 0 aromatic heterocycles. The summed E-state index contributed by atoms with van der Waals surface area (Å²) in [5.74, 6) is 0.0765. The van der Waals surface area contributed by atoms with Crippen LogP contribution in [0.4, 0.5) is 11.4 Å². The van der Waals surface area contributed by atoms with E-state index in [9.17, 15) is 4.79 Å². The van der Waals surface area contributed by atoms with Crippen LogP contribution in [0.5, 0.6) is 0 Å². The standard InChI is InChI=1S/C24H29N3O/c1-17-16-27-21-9-7-6-8-20(21)23(2,3)24(27,25-22(17)28)15-14-18-10-12-19(13-11-18)26(4)5/h6-15,17H,16H2,1-5H3,(H,25,28)/b15-14+/t17?,24-/m0/s1. The molecule has 1 N–H and O–H groups in total. The maximum atomic E-state index is 12.7. The molecule has 4 rings (SSSR count). The van der Waals surface area contributed by atoms with Crippen LogP contribution in [0.25, 0.3) is 6.08 Å². The van der Waals surface area contributed by atoms with E-state index in [1.807, 2.05) is 21.0 Å². The number of nitrogens with one attached hydrogen (secondary N) is 1. The Morgan fingerprint density at radius 1 is 1.11 bits per heavy atom. The number of nitrogens with zero attached hydrogens (tertiary/aromatic N) is 2. The third kappa shape index (κ3) is 2.62. The Kier molecular flexibility index (Phi) is 4.25. The summed E-state index contributed by atoms with van der Waals surface area (Å²) in [7, 11) is 4.08. The number of benzene rings is 2. The first kappa shape index (κ1) is 18.6. The number of carbonyl (C=O) groups is 1. The summed E-state index contributed by atoms with van der Waals surface area (Å²) in [6.07, 6.45) is 4.32. The number of para-hydroxylation sites is 1. The van der Waals surface area contributed by atoms with E-state index >= 15 is 0 Å². The van der Waals surface area contributed by atoms with Crippen LogP contribution in [-0.2, 0) is 10.2 Å². The first-order valence-corrected chi connectivity index (χ1v) is 9.92. The summed E-state index contributed by atoms with van der Waals surface area (Å²) in [5, 5.41) is 3.37. The van der Waals surface area contributed by atoms with Crippen molar-refractivity contribution in [2.45, 2.75) is 31.8 Å². The van der Waals surface area contributed by atoms with Crippen molar-refractivity contribution < 1.29 is 4.79 Å². The van der Waals surface area contributed by atoms with Crippen LogP contribution >= 0.6 is 0 Å². The van der Waals surface area contributed by atoms with Gasteiger partial charge in [0, 0.05) is 37.4 Å². The van der Waals surface area contributed by atoms with Gasteiger partial charge >= 0.3 is 0 Å². The number of hydrogen-bond acceptors (Lipinski definition) is 3. The van der Waals surface area contributed by atoms with Gasteiger partial charge in [-0.2, -0.15) is 0 Å². The first-order chi connectivity index (χ1) is 13.3.